The number of halogens is 1. The van der Waals surface area contributed by atoms with Crippen molar-refractivity contribution < 1.29 is 17.7 Å². The van der Waals surface area contributed by atoms with Gasteiger partial charge in [-0.2, -0.15) is 8.42 Å². The molecule has 2 heterocycles. The van der Waals surface area contributed by atoms with E-state index in [0.717, 1.165) is 0 Å². The number of anilines is 3. The first-order valence-corrected chi connectivity index (χ1v) is 10.8. The first-order valence-electron chi connectivity index (χ1n) is 9.03. The van der Waals surface area contributed by atoms with E-state index < -0.39 is 16.1 Å². The van der Waals surface area contributed by atoms with Crippen LogP contribution in [0, 0.1) is 13.8 Å². The Kier molecular flexibility index (Phi) is 4.74. The zero-order valence-electron chi connectivity index (χ0n) is 16.7. The first kappa shape index (κ1) is 20.2. The lowest BCUT2D eigenvalue weighted by molar-refractivity contribution is 0.102. The van der Waals surface area contributed by atoms with Crippen LogP contribution >= 0.6 is 11.6 Å². The molecule has 1 N–H and O–H groups in total. The van der Waals surface area contributed by atoms with E-state index in [2.05, 4.69) is 10.5 Å². The van der Waals surface area contributed by atoms with Crippen molar-refractivity contribution in [2.75, 3.05) is 28.0 Å². The highest BCUT2D eigenvalue weighted by atomic mass is 35.5. The average molecular weight is 447 g/mol. The molecule has 0 bridgehead atoms. The molecule has 0 fully saturated rings. The fraction of sp³-hybridized carbons (Fsp3) is 0.200. The molecule has 2 aromatic carbocycles. The average Bonchev–Trinajstić information content (AvgIpc) is 3.15. The second-order valence-corrected chi connectivity index (χ2v) is 9.39. The number of aromatic nitrogens is 1. The maximum Gasteiger partial charge on any atom is 0.326 e. The third-order valence-corrected chi connectivity index (χ3v) is 7.27. The van der Waals surface area contributed by atoms with E-state index in [1.807, 2.05) is 0 Å². The first-order chi connectivity index (χ1) is 14.1. The van der Waals surface area contributed by atoms with Crippen molar-refractivity contribution in [1.82, 2.24) is 5.16 Å². The molecule has 1 aliphatic heterocycles. The minimum absolute atomic E-state index is 0.265. The summed E-state index contributed by atoms with van der Waals surface area (Å²) in [4.78, 5) is 13.1. The van der Waals surface area contributed by atoms with E-state index in [-0.39, 0.29) is 5.56 Å². The van der Waals surface area contributed by atoms with Crippen molar-refractivity contribution in [2.24, 2.45) is 0 Å². The zero-order valence-corrected chi connectivity index (χ0v) is 18.3. The molecule has 30 heavy (non-hydrogen) atoms. The van der Waals surface area contributed by atoms with Crippen molar-refractivity contribution in [2.45, 2.75) is 13.8 Å². The summed E-state index contributed by atoms with van der Waals surface area (Å²) in [6.45, 7) is 3.44. The lowest BCUT2D eigenvalue weighted by Gasteiger charge is -2.13. The van der Waals surface area contributed by atoms with Crippen LogP contribution in [0.2, 0.25) is 5.02 Å². The van der Waals surface area contributed by atoms with Gasteiger partial charge in [0, 0.05) is 25.3 Å². The highest BCUT2D eigenvalue weighted by Crippen LogP contribution is 2.42. The van der Waals surface area contributed by atoms with Gasteiger partial charge in [0.25, 0.3) is 5.91 Å². The van der Waals surface area contributed by atoms with Gasteiger partial charge in [0.1, 0.15) is 17.0 Å². The third-order valence-electron chi connectivity index (χ3n) is 5.16. The largest absolute Gasteiger partial charge is 0.360 e. The van der Waals surface area contributed by atoms with E-state index in [9.17, 15) is 13.2 Å². The standard InChI is InChI=1S/C20H19ClN4O4S/c1-11-9-16-17(25(4)30(27,28)24(16)3)10-15(11)22-20(26)18-12(2)29-23-19(18)13-7-5-6-8-14(13)21/h5-10H,1-4H3,(H,22,26). The Labute approximate surface area is 179 Å². The molecule has 1 aromatic heterocycles. The van der Waals surface area contributed by atoms with Gasteiger partial charge in [0.15, 0.2) is 0 Å². The third kappa shape index (κ3) is 3.01. The van der Waals surface area contributed by atoms with Crippen molar-refractivity contribution in [3.63, 3.8) is 0 Å². The maximum absolute atomic E-state index is 13.1. The van der Waals surface area contributed by atoms with Gasteiger partial charge in [-0.05, 0) is 37.6 Å². The van der Waals surface area contributed by atoms with Crippen LogP contribution in [0.4, 0.5) is 17.1 Å². The van der Waals surface area contributed by atoms with Crippen LogP contribution in [-0.4, -0.2) is 33.6 Å². The number of nitrogens with zero attached hydrogens (tertiary/aromatic N) is 3. The molecule has 1 amide bonds. The quantitative estimate of drug-likeness (QED) is 0.656. The summed E-state index contributed by atoms with van der Waals surface area (Å²) in [5.74, 6) is -0.0794. The van der Waals surface area contributed by atoms with E-state index in [1.54, 1.807) is 50.2 Å². The Bertz CT molecular complexity index is 1290. The number of fused-ring (bicyclic) bond motifs is 1. The molecular weight excluding hydrogens is 428 g/mol. The molecule has 0 aliphatic carbocycles. The van der Waals surface area contributed by atoms with Gasteiger partial charge in [0.05, 0.1) is 16.4 Å². The Morgan fingerprint density at radius 1 is 1.10 bits per heavy atom. The van der Waals surface area contributed by atoms with Crippen LogP contribution in [0.1, 0.15) is 21.7 Å². The van der Waals surface area contributed by atoms with E-state index >= 15 is 0 Å². The minimum Gasteiger partial charge on any atom is -0.360 e. The van der Waals surface area contributed by atoms with Crippen LogP contribution in [-0.2, 0) is 10.2 Å². The molecule has 0 atom stereocenters. The van der Waals surface area contributed by atoms with E-state index in [4.69, 9.17) is 16.1 Å². The topological polar surface area (TPSA) is 95.7 Å². The van der Waals surface area contributed by atoms with Crippen LogP contribution in [0.25, 0.3) is 11.3 Å². The molecule has 3 aromatic rings. The molecule has 0 unspecified atom stereocenters. The van der Waals surface area contributed by atoms with Crippen LogP contribution in [0.5, 0.6) is 0 Å². The maximum atomic E-state index is 13.1. The highest BCUT2D eigenvalue weighted by Gasteiger charge is 2.36. The molecule has 0 radical (unpaired) electrons. The summed E-state index contributed by atoms with van der Waals surface area (Å²) in [6.07, 6.45) is 0. The second-order valence-electron chi connectivity index (χ2n) is 6.99. The van der Waals surface area contributed by atoms with Crippen LogP contribution in [0.15, 0.2) is 40.9 Å². The number of carbonyl (C=O) groups is 1. The SMILES string of the molecule is Cc1cc2c(cc1NC(=O)c1c(-c3ccccc3Cl)noc1C)N(C)S(=O)(=O)N2C. The van der Waals surface area contributed by atoms with Gasteiger partial charge in [-0.15, -0.1) is 0 Å². The van der Waals surface area contributed by atoms with Crippen molar-refractivity contribution in [1.29, 1.82) is 0 Å². The predicted molar refractivity (Wildman–Crippen MR) is 117 cm³/mol. The summed E-state index contributed by atoms with van der Waals surface area (Å²) in [7, 11) is -0.646. The number of benzene rings is 2. The Morgan fingerprint density at radius 2 is 1.73 bits per heavy atom. The van der Waals surface area contributed by atoms with Crippen LogP contribution < -0.4 is 13.9 Å². The molecular formula is C20H19ClN4O4S. The monoisotopic (exact) mass is 446 g/mol. The molecule has 4 rings (SSSR count). The van der Waals surface area contributed by atoms with Gasteiger partial charge < -0.3 is 9.84 Å². The number of rotatable bonds is 3. The number of hydrogen-bond donors (Lipinski definition) is 1. The Hall–Kier alpha value is -3.04. The van der Waals surface area contributed by atoms with Crippen molar-refractivity contribution in [3.8, 4) is 11.3 Å². The van der Waals surface area contributed by atoms with Gasteiger partial charge in [-0.3, -0.25) is 13.4 Å². The lowest BCUT2D eigenvalue weighted by Crippen LogP contribution is -2.32. The van der Waals surface area contributed by atoms with Gasteiger partial charge >= 0.3 is 10.2 Å². The number of aryl methyl sites for hydroxylation is 2. The van der Waals surface area contributed by atoms with Gasteiger partial charge in [-0.1, -0.05) is 35.0 Å². The number of nitrogens with one attached hydrogen (secondary N) is 1. The van der Waals surface area contributed by atoms with E-state index in [1.165, 1.54) is 22.7 Å². The lowest BCUT2D eigenvalue weighted by atomic mass is 10.0. The molecule has 0 saturated carbocycles. The molecule has 1 aliphatic rings. The van der Waals surface area contributed by atoms with Crippen molar-refractivity contribution in [3.05, 3.63) is 58.3 Å². The second kappa shape index (κ2) is 7.03. The fourth-order valence-electron chi connectivity index (χ4n) is 3.41. The normalized spacial score (nSPS) is 14.7. The minimum atomic E-state index is -3.61. The molecule has 0 spiro atoms. The predicted octanol–water partition coefficient (Wildman–Crippen LogP) is 3.99. The summed E-state index contributed by atoms with van der Waals surface area (Å²) in [6, 6.07) is 10.4. The molecule has 10 heteroatoms. The Morgan fingerprint density at radius 3 is 2.40 bits per heavy atom. The summed E-state index contributed by atoms with van der Waals surface area (Å²) in [5.41, 5.74) is 3.42. The van der Waals surface area contributed by atoms with Crippen LogP contribution in [0.3, 0.4) is 0 Å². The summed E-state index contributed by atoms with van der Waals surface area (Å²) in [5, 5.41) is 7.32. The van der Waals surface area contributed by atoms with Crippen molar-refractivity contribution >= 4 is 44.8 Å². The fourth-order valence-corrected chi connectivity index (χ4v) is 4.80. The number of carbonyl (C=O) groups excluding carboxylic acids is 1. The van der Waals surface area contributed by atoms with E-state index in [0.29, 0.717) is 44.7 Å². The highest BCUT2D eigenvalue weighted by molar-refractivity contribution is 7.94. The smallest absolute Gasteiger partial charge is 0.326 e. The summed E-state index contributed by atoms with van der Waals surface area (Å²) >= 11 is 6.27. The molecule has 8 nitrogen and oxygen atoms in total. The Balaban J connectivity index is 1.73. The summed E-state index contributed by atoms with van der Waals surface area (Å²) < 4.78 is 32.4. The van der Waals surface area contributed by atoms with Gasteiger partial charge in [-0.25, -0.2) is 0 Å². The molecule has 0 saturated heterocycles. The number of hydrogen-bond acceptors (Lipinski definition) is 5. The number of amides is 1. The molecule has 156 valence electrons. The van der Waals surface area contributed by atoms with Gasteiger partial charge in [0.2, 0.25) is 0 Å². The zero-order chi connectivity index (χ0) is 21.8.